The minimum absolute atomic E-state index is 0.0413. The third-order valence-corrected chi connectivity index (χ3v) is 5.22. The molecular weight excluding hydrogens is 452 g/mol. The van der Waals surface area contributed by atoms with E-state index in [0.29, 0.717) is 11.1 Å². The first-order valence-electron chi connectivity index (χ1n) is 9.43. The largest absolute Gasteiger partial charge is 0.573 e. The summed E-state index contributed by atoms with van der Waals surface area (Å²) < 4.78 is 82.6. The molecule has 2 N–H and O–H groups in total. The summed E-state index contributed by atoms with van der Waals surface area (Å²) in [5.41, 5.74) is -2.19. The van der Waals surface area contributed by atoms with Gasteiger partial charge in [-0.15, -0.1) is 13.2 Å². The molecule has 0 bridgehead atoms. The second kappa shape index (κ2) is 8.68. The molecule has 0 aliphatic heterocycles. The van der Waals surface area contributed by atoms with Crippen molar-refractivity contribution < 1.29 is 41.0 Å². The number of alkyl halides is 6. The van der Waals surface area contributed by atoms with Gasteiger partial charge in [-0.25, -0.2) is 0 Å². The monoisotopic (exact) mass is 469 g/mol. The lowest BCUT2D eigenvalue weighted by Gasteiger charge is -2.34. The van der Waals surface area contributed by atoms with Crippen molar-refractivity contribution in [3.8, 4) is 11.5 Å². The molecule has 0 saturated heterocycles. The number of halogens is 6. The van der Waals surface area contributed by atoms with E-state index in [2.05, 4.69) is 10.1 Å². The van der Waals surface area contributed by atoms with E-state index in [4.69, 9.17) is 0 Å². The van der Waals surface area contributed by atoms with E-state index >= 15 is 0 Å². The quantitative estimate of drug-likeness (QED) is 0.256. The van der Waals surface area contributed by atoms with Gasteiger partial charge in [-0.2, -0.15) is 13.2 Å². The van der Waals surface area contributed by atoms with Crippen LogP contribution in [-0.2, 0) is 16.4 Å². The van der Waals surface area contributed by atoms with E-state index in [1.165, 1.54) is 48.5 Å². The third kappa shape index (κ3) is 5.05. The first kappa shape index (κ1) is 24.0. The van der Waals surface area contributed by atoms with Crippen molar-refractivity contribution in [2.45, 2.75) is 24.9 Å². The lowest BCUT2D eigenvalue weighted by molar-refractivity contribution is -0.274. The summed E-state index contributed by atoms with van der Waals surface area (Å²) in [6, 6.07) is 13.6. The average molecular weight is 469 g/mol. The number of carbonyl (C=O) groups is 1. The van der Waals surface area contributed by atoms with Gasteiger partial charge in [0.1, 0.15) is 11.5 Å². The molecule has 4 nitrogen and oxygen atoms in total. The third-order valence-electron chi connectivity index (χ3n) is 5.22. The van der Waals surface area contributed by atoms with Gasteiger partial charge in [-0.3, -0.25) is 4.79 Å². The van der Waals surface area contributed by atoms with E-state index < -0.39 is 35.0 Å². The Morgan fingerprint density at radius 3 is 1.82 bits per heavy atom. The second-order valence-electron chi connectivity index (χ2n) is 7.23. The number of hydrogen-bond donors (Lipinski definition) is 2. The van der Waals surface area contributed by atoms with Crippen LogP contribution in [0.5, 0.6) is 11.5 Å². The highest BCUT2D eigenvalue weighted by Crippen LogP contribution is 2.46. The van der Waals surface area contributed by atoms with Gasteiger partial charge in [0.05, 0.1) is 11.3 Å². The Hall–Kier alpha value is -3.69. The van der Waals surface area contributed by atoms with Crippen LogP contribution in [0.3, 0.4) is 0 Å². The van der Waals surface area contributed by atoms with E-state index in [-0.39, 0.29) is 17.7 Å². The fraction of sp³-hybridized carbons (Fsp3) is 0.174. The van der Waals surface area contributed by atoms with Gasteiger partial charge in [-0.05, 0) is 53.9 Å². The van der Waals surface area contributed by atoms with Crippen LogP contribution in [0.15, 0.2) is 66.7 Å². The van der Waals surface area contributed by atoms with Gasteiger partial charge in [-0.1, -0.05) is 36.4 Å². The number of benzene rings is 3. The molecule has 0 aliphatic rings. The molecule has 0 radical (unpaired) electrons. The molecule has 3 aromatic rings. The zero-order chi connectivity index (χ0) is 24.4. The number of phenolic OH excluding ortho intramolecular Hbond substituents is 1. The van der Waals surface area contributed by atoms with Crippen LogP contribution in [0.25, 0.3) is 0 Å². The first-order valence-corrected chi connectivity index (χ1v) is 9.43. The lowest BCUT2D eigenvalue weighted by atomic mass is 9.70. The summed E-state index contributed by atoms with van der Waals surface area (Å²) in [5, 5.41) is 11.8. The fourth-order valence-corrected chi connectivity index (χ4v) is 3.68. The van der Waals surface area contributed by atoms with Crippen molar-refractivity contribution >= 4 is 12.1 Å². The van der Waals surface area contributed by atoms with Crippen LogP contribution >= 0.6 is 0 Å². The molecule has 1 atom stereocenters. The van der Waals surface area contributed by atoms with E-state index in [1.807, 2.05) is 0 Å². The van der Waals surface area contributed by atoms with Crippen LogP contribution in [0.4, 0.5) is 32.0 Å². The van der Waals surface area contributed by atoms with Crippen molar-refractivity contribution in [2.75, 3.05) is 5.32 Å². The van der Waals surface area contributed by atoms with Gasteiger partial charge in [0.2, 0.25) is 6.41 Å². The molecule has 3 aromatic carbocycles. The van der Waals surface area contributed by atoms with E-state index in [0.717, 1.165) is 18.2 Å². The molecule has 174 valence electrons. The average Bonchev–Trinajstić information content (AvgIpc) is 2.73. The van der Waals surface area contributed by atoms with Crippen molar-refractivity contribution in [1.82, 2.24) is 0 Å². The zero-order valence-electron chi connectivity index (χ0n) is 17.0. The number of rotatable bonds is 6. The molecule has 33 heavy (non-hydrogen) atoms. The predicted octanol–water partition coefficient (Wildman–Crippen LogP) is 6.23. The highest BCUT2D eigenvalue weighted by molar-refractivity contribution is 5.79. The molecule has 0 saturated carbocycles. The number of hydrogen-bond acceptors (Lipinski definition) is 3. The summed E-state index contributed by atoms with van der Waals surface area (Å²) >= 11 is 0. The molecule has 10 heteroatoms. The highest BCUT2D eigenvalue weighted by atomic mass is 19.4. The fourth-order valence-electron chi connectivity index (χ4n) is 3.68. The van der Waals surface area contributed by atoms with Gasteiger partial charge in [0, 0.05) is 5.41 Å². The number of anilines is 1. The van der Waals surface area contributed by atoms with Crippen molar-refractivity contribution in [3.63, 3.8) is 0 Å². The van der Waals surface area contributed by atoms with Gasteiger partial charge >= 0.3 is 12.5 Å². The number of ether oxygens (including phenoxy) is 1. The second-order valence-corrected chi connectivity index (χ2v) is 7.23. The summed E-state index contributed by atoms with van der Waals surface area (Å²) in [7, 11) is 0. The Kier molecular flexibility index (Phi) is 6.31. The molecule has 1 amide bonds. The Morgan fingerprint density at radius 2 is 1.33 bits per heavy atom. The Balaban J connectivity index is 2.28. The van der Waals surface area contributed by atoms with Crippen LogP contribution in [-0.4, -0.2) is 17.9 Å². The van der Waals surface area contributed by atoms with Crippen molar-refractivity contribution in [2.24, 2.45) is 0 Å². The van der Waals surface area contributed by atoms with Crippen LogP contribution < -0.4 is 10.1 Å². The molecule has 3 rings (SSSR count). The predicted molar refractivity (Wildman–Crippen MR) is 108 cm³/mol. The topological polar surface area (TPSA) is 58.6 Å². The molecule has 1 unspecified atom stereocenters. The van der Waals surface area contributed by atoms with Gasteiger partial charge in [0.25, 0.3) is 0 Å². The van der Waals surface area contributed by atoms with Crippen LogP contribution in [0.1, 0.15) is 29.2 Å². The highest BCUT2D eigenvalue weighted by Gasteiger charge is 2.40. The molecule has 0 fully saturated rings. The minimum Gasteiger partial charge on any atom is -0.508 e. The summed E-state index contributed by atoms with van der Waals surface area (Å²) in [4.78, 5) is 11.2. The first-order chi connectivity index (χ1) is 15.4. The molecule has 0 aromatic heterocycles. The minimum atomic E-state index is -4.91. The number of nitrogens with one attached hydrogen (secondary N) is 1. The Morgan fingerprint density at radius 1 is 0.818 bits per heavy atom. The SMILES string of the molecule is CC(c1ccc(O)cc1)(c1ccc(OC(F)(F)F)cc1)c1cccc(C(F)(F)F)c1NC=O. The van der Waals surface area contributed by atoms with Crippen molar-refractivity contribution in [1.29, 1.82) is 0 Å². The van der Waals surface area contributed by atoms with Crippen LogP contribution in [0, 0.1) is 0 Å². The number of phenols is 1. The summed E-state index contributed by atoms with van der Waals surface area (Å²) in [6.07, 6.45) is -9.59. The van der Waals surface area contributed by atoms with Gasteiger partial charge in [0.15, 0.2) is 0 Å². The molecule has 0 spiro atoms. The van der Waals surface area contributed by atoms with E-state index in [9.17, 15) is 36.2 Å². The number of carbonyl (C=O) groups excluding carboxylic acids is 1. The molecular formula is C23H17F6NO3. The van der Waals surface area contributed by atoms with E-state index in [1.54, 1.807) is 6.92 Å². The van der Waals surface area contributed by atoms with Crippen molar-refractivity contribution in [3.05, 3.63) is 89.0 Å². The standard InChI is InChI=1S/C23H17F6NO3/c1-21(14-5-9-16(32)10-6-14,15-7-11-17(12-8-15)33-23(27,28)29)18-3-2-4-19(22(24,25)26)20(18)30-13-31/h2-13,32H,1H3,(H,30,31). The normalized spacial score (nSPS) is 13.8. The lowest BCUT2D eigenvalue weighted by Crippen LogP contribution is -2.28. The summed E-state index contributed by atoms with van der Waals surface area (Å²) in [5.74, 6) is -0.597. The van der Waals surface area contributed by atoms with Gasteiger partial charge < -0.3 is 15.2 Å². The Labute approximate surface area is 184 Å². The maximum absolute atomic E-state index is 13.7. The smallest absolute Gasteiger partial charge is 0.508 e. The van der Waals surface area contributed by atoms with Crippen LogP contribution in [0.2, 0.25) is 0 Å². The number of aromatic hydroxyl groups is 1. The number of amides is 1. The maximum Gasteiger partial charge on any atom is 0.573 e. The Bertz CT molecular complexity index is 1120. The maximum atomic E-state index is 13.7. The zero-order valence-corrected chi connectivity index (χ0v) is 17.0. The molecule has 0 heterocycles. The molecule has 0 aliphatic carbocycles. The number of para-hydroxylation sites is 1. The summed E-state index contributed by atoms with van der Waals surface area (Å²) in [6.45, 7) is 1.56.